The van der Waals surface area contributed by atoms with Crippen LogP contribution < -0.4 is 0 Å². The van der Waals surface area contributed by atoms with E-state index in [-0.39, 0.29) is 5.82 Å². The monoisotopic (exact) mass is 360 g/mol. The summed E-state index contributed by atoms with van der Waals surface area (Å²) < 4.78 is 14.3. The molecule has 4 aromatic rings. The van der Waals surface area contributed by atoms with Crippen molar-refractivity contribution in [1.82, 2.24) is 9.97 Å². The third-order valence-corrected chi connectivity index (χ3v) is 5.32. The molecular formula is C22H17FN2S. The third-order valence-electron chi connectivity index (χ3n) is 4.18. The number of halogens is 1. The Bertz CT molecular complexity index is 1020. The number of aromatic nitrogens is 2. The second-order valence-electron chi connectivity index (χ2n) is 6.23. The number of hydrogen-bond acceptors (Lipinski definition) is 3. The molecule has 0 aliphatic carbocycles. The highest BCUT2D eigenvalue weighted by Crippen LogP contribution is 2.41. The molecule has 0 atom stereocenters. The van der Waals surface area contributed by atoms with Crippen LogP contribution >= 0.6 is 11.3 Å². The Hall–Kier alpha value is -2.85. The number of nitrogens with zero attached hydrogens (tertiary/aromatic N) is 2. The van der Waals surface area contributed by atoms with E-state index in [0.717, 1.165) is 27.4 Å². The average Bonchev–Trinajstić information content (AvgIpc) is 3.07. The fraction of sp³-hybridized carbons (Fsp3) is 0.0909. The molecule has 128 valence electrons. The van der Waals surface area contributed by atoms with Crippen LogP contribution in [0.5, 0.6) is 0 Å². The molecule has 2 aromatic carbocycles. The van der Waals surface area contributed by atoms with Crippen molar-refractivity contribution in [3.63, 3.8) is 0 Å². The first-order valence-corrected chi connectivity index (χ1v) is 9.19. The predicted molar refractivity (Wildman–Crippen MR) is 106 cm³/mol. The molecule has 26 heavy (non-hydrogen) atoms. The molecule has 0 saturated heterocycles. The number of aryl methyl sites for hydroxylation is 2. The van der Waals surface area contributed by atoms with Crippen LogP contribution in [0.15, 0.2) is 66.9 Å². The van der Waals surface area contributed by atoms with E-state index in [2.05, 4.69) is 24.0 Å². The van der Waals surface area contributed by atoms with E-state index < -0.39 is 0 Å². The van der Waals surface area contributed by atoms with E-state index >= 15 is 0 Å². The maximum atomic E-state index is 14.3. The maximum absolute atomic E-state index is 14.3. The molecule has 2 heterocycles. The smallest absolute Gasteiger partial charge is 0.133 e. The minimum atomic E-state index is -0.255. The molecule has 2 nitrogen and oxygen atoms in total. The maximum Gasteiger partial charge on any atom is 0.133 e. The highest BCUT2D eigenvalue weighted by molar-refractivity contribution is 7.19. The summed E-state index contributed by atoms with van der Waals surface area (Å²) in [5.74, 6) is -0.255. The van der Waals surface area contributed by atoms with Crippen molar-refractivity contribution in [2.75, 3.05) is 0 Å². The third kappa shape index (κ3) is 3.16. The molecule has 0 aliphatic rings. The summed E-state index contributed by atoms with van der Waals surface area (Å²) in [4.78, 5) is 10.1. The second kappa shape index (κ2) is 6.81. The summed E-state index contributed by atoms with van der Waals surface area (Å²) >= 11 is 1.51. The highest BCUT2D eigenvalue weighted by atomic mass is 32.1. The van der Waals surface area contributed by atoms with Gasteiger partial charge in [-0.2, -0.15) is 0 Å². The average molecular weight is 360 g/mol. The van der Waals surface area contributed by atoms with Gasteiger partial charge in [0, 0.05) is 23.0 Å². The lowest BCUT2D eigenvalue weighted by molar-refractivity contribution is 0.631. The Morgan fingerprint density at radius 3 is 2.50 bits per heavy atom. The topological polar surface area (TPSA) is 25.8 Å². The fourth-order valence-electron chi connectivity index (χ4n) is 2.94. The number of rotatable bonds is 3. The first-order chi connectivity index (χ1) is 12.6. The second-order valence-corrected chi connectivity index (χ2v) is 7.23. The zero-order valence-corrected chi connectivity index (χ0v) is 15.3. The standard InChI is InChI=1S/C22H17FN2S/c1-14-6-5-7-16(12-14)20-21(17-10-11-24-15(2)13-17)26-22(25-20)18-8-3-4-9-19(18)23/h3-13H,1-2H3. The summed E-state index contributed by atoms with van der Waals surface area (Å²) in [5.41, 5.74) is 5.60. The van der Waals surface area contributed by atoms with Crippen molar-refractivity contribution >= 4 is 11.3 Å². The minimum absolute atomic E-state index is 0.255. The van der Waals surface area contributed by atoms with Crippen molar-refractivity contribution in [1.29, 1.82) is 0 Å². The van der Waals surface area contributed by atoms with Gasteiger partial charge in [0.1, 0.15) is 10.8 Å². The number of hydrogen-bond donors (Lipinski definition) is 0. The van der Waals surface area contributed by atoms with E-state index in [1.807, 2.05) is 37.3 Å². The van der Waals surface area contributed by atoms with Gasteiger partial charge in [-0.3, -0.25) is 4.98 Å². The van der Waals surface area contributed by atoms with Crippen molar-refractivity contribution in [3.8, 4) is 32.3 Å². The molecule has 0 N–H and O–H groups in total. The molecule has 4 heteroatoms. The van der Waals surface area contributed by atoms with Crippen LogP contribution in [0.3, 0.4) is 0 Å². The Balaban J connectivity index is 1.95. The molecule has 0 unspecified atom stereocenters. The van der Waals surface area contributed by atoms with E-state index in [9.17, 15) is 4.39 Å². The van der Waals surface area contributed by atoms with Crippen LogP contribution in [-0.2, 0) is 0 Å². The molecule has 0 bridgehead atoms. The zero-order chi connectivity index (χ0) is 18.1. The predicted octanol–water partition coefficient (Wildman–Crippen LogP) is 6.30. The van der Waals surface area contributed by atoms with Crippen molar-refractivity contribution in [2.45, 2.75) is 13.8 Å². The van der Waals surface area contributed by atoms with Gasteiger partial charge in [0.2, 0.25) is 0 Å². The number of benzene rings is 2. The van der Waals surface area contributed by atoms with Gasteiger partial charge < -0.3 is 0 Å². The van der Waals surface area contributed by atoms with E-state index in [4.69, 9.17) is 4.98 Å². The lowest BCUT2D eigenvalue weighted by Crippen LogP contribution is -1.86. The van der Waals surface area contributed by atoms with Crippen LogP contribution in [0.1, 0.15) is 11.3 Å². The molecule has 0 fully saturated rings. The summed E-state index contributed by atoms with van der Waals surface area (Å²) in [6.45, 7) is 4.03. The normalized spacial score (nSPS) is 10.9. The molecular weight excluding hydrogens is 343 g/mol. The largest absolute Gasteiger partial charge is 0.262 e. The van der Waals surface area contributed by atoms with Crippen LogP contribution in [0.2, 0.25) is 0 Å². The Morgan fingerprint density at radius 1 is 0.885 bits per heavy atom. The van der Waals surface area contributed by atoms with Gasteiger partial charge in [0.25, 0.3) is 0 Å². The fourth-order valence-corrected chi connectivity index (χ4v) is 4.05. The Kier molecular flexibility index (Phi) is 4.35. The summed E-state index contributed by atoms with van der Waals surface area (Å²) in [5, 5.41) is 0.684. The van der Waals surface area contributed by atoms with E-state index in [1.165, 1.54) is 23.0 Å². The van der Waals surface area contributed by atoms with Gasteiger partial charge >= 0.3 is 0 Å². The lowest BCUT2D eigenvalue weighted by atomic mass is 10.1. The van der Waals surface area contributed by atoms with Crippen molar-refractivity contribution in [2.24, 2.45) is 0 Å². The van der Waals surface area contributed by atoms with Crippen LogP contribution in [0.25, 0.3) is 32.3 Å². The Morgan fingerprint density at radius 2 is 1.73 bits per heavy atom. The van der Waals surface area contributed by atoms with Gasteiger partial charge in [-0.25, -0.2) is 9.37 Å². The summed E-state index contributed by atoms with van der Waals surface area (Å²) in [6.07, 6.45) is 1.80. The molecule has 0 aliphatic heterocycles. The molecule has 2 aromatic heterocycles. The van der Waals surface area contributed by atoms with E-state index in [1.54, 1.807) is 18.3 Å². The first kappa shape index (κ1) is 16.6. The van der Waals surface area contributed by atoms with Crippen LogP contribution in [0.4, 0.5) is 4.39 Å². The Labute approximate surface area is 156 Å². The molecule has 0 spiro atoms. The van der Waals surface area contributed by atoms with Crippen LogP contribution in [-0.4, -0.2) is 9.97 Å². The zero-order valence-electron chi connectivity index (χ0n) is 14.5. The molecule has 0 radical (unpaired) electrons. The van der Waals surface area contributed by atoms with Gasteiger partial charge in [0.15, 0.2) is 0 Å². The quantitative estimate of drug-likeness (QED) is 0.429. The van der Waals surface area contributed by atoms with Gasteiger partial charge in [-0.1, -0.05) is 35.9 Å². The van der Waals surface area contributed by atoms with Crippen LogP contribution in [0, 0.1) is 19.7 Å². The summed E-state index contributed by atoms with van der Waals surface area (Å²) in [7, 11) is 0. The van der Waals surface area contributed by atoms with Gasteiger partial charge in [-0.05, 0) is 49.7 Å². The molecule has 0 amide bonds. The van der Waals surface area contributed by atoms with Crippen molar-refractivity contribution < 1.29 is 4.39 Å². The SMILES string of the molecule is Cc1cccc(-c2nc(-c3ccccc3F)sc2-c2ccnc(C)c2)c1. The highest BCUT2D eigenvalue weighted by Gasteiger charge is 2.18. The minimum Gasteiger partial charge on any atom is -0.262 e. The lowest BCUT2D eigenvalue weighted by Gasteiger charge is -2.04. The van der Waals surface area contributed by atoms with E-state index in [0.29, 0.717) is 10.6 Å². The van der Waals surface area contributed by atoms with Gasteiger partial charge in [-0.15, -0.1) is 11.3 Å². The van der Waals surface area contributed by atoms with Gasteiger partial charge in [0.05, 0.1) is 10.6 Å². The number of thiazole rings is 1. The summed E-state index contributed by atoms with van der Waals surface area (Å²) in [6, 6.07) is 19.0. The molecule has 0 saturated carbocycles. The van der Waals surface area contributed by atoms with Crippen molar-refractivity contribution in [3.05, 3.63) is 83.9 Å². The number of pyridine rings is 1. The molecule has 4 rings (SSSR count). The first-order valence-electron chi connectivity index (χ1n) is 8.37.